The summed E-state index contributed by atoms with van der Waals surface area (Å²) in [5.74, 6) is 0. The highest BCUT2D eigenvalue weighted by Gasteiger charge is 2.14. The van der Waals surface area contributed by atoms with Gasteiger partial charge < -0.3 is 0 Å². The van der Waals surface area contributed by atoms with Gasteiger partial charge in [-0.3, -0.25) is 4.98 Å². The lowest BCUT2D eigenvalue weighted by molar-refractivity contribution is 1.08. The number of para-hydroxylation sites is 1. The Morgan fingerprint density at radius 1 is 0.688 bits per heavy atom. The second kappa shape index (κ2) is 8.72. The molecule has 5 rings (SSSR count). The molecule has 3 heteroatoms. The van der Waals surface area contributed by atoms with Crippen molar-refractivity contribution in [2.45, 2.75) is 26.7 Å². The van der Waals surface area contributed by atoms with Crippen molar-refractivity contribution in [2.24, 2.45) is 4.99 Å². The average Bonchev–Trinajstić information content (AvgIpc) is 2.87. The molecule has 3 nitrogen and oxygen atoms in total. The fraction of sp³-hybridized carbons (Fsp3) is 0.138. The summed E-state index contributed by atoms with van der Waals surface area (Å²) in [6.07, 6.45) is 3.70. The van der Waals surface area contributed by atoms with Gasteiger partial charge in [-0.1, -0.05) is 86.6 Å². The largest absolute Gasteiger partial charge is 0.254 e. The van der Waals surface area contributed by atoms with E-state index in [9.17, 15) is 0 Å². The van der Waals surface area contributed by atoms with Crippen LogP contribution in [0.1, 0.15) is 36.2 Å². The summed E-state index contributed by atoms with van der Waals surface area (Å²) in [5, 5.41) is 2.17. The fourth-order valence-electron chi connectivity index (χ4n) is 4.19. The van der Waals surface area contributed by atoms with Crippen molar-refractivity contribution >= 4 is 33.2 Å². The summed E-state index contributed by atoms with van der Waals surface area (Å²) in [7, 11) is 0. The minimum Gasteiger partial charge on any atom is -0.254 e. The van der Waals surface area contributed by atoms with E-state index in [1.807, 2.05) is 18.3 Å². The van der Waals surface area contributed by atoms with E-state index >= 15 is 0 Å². The van der Waals surface area contributed by atoms with Crippen molar-refractivity contribution in [1.82, 2.24) is 9.97 Å². The van der Waals surface area contributed by atoms with Crippen LogP contribution in [-0.2, 0) is 12.8 Å². The lowest BCUT2D eigenvalue weighted by Gasteiger charge is -2.13. The maximum atomic E-state index is 5.26. The summed E-state index contributed by atoms with van der Waals surface area (Å²) in [4.78, 5) is 15.0. The molecular weight excluding hydrogens is 390 g/mol. The van der Waals surface area contributed by atoms with Crippen LogP contribution in [0.15, 0.2) is 96.1 Å². The Morgan fingerprint density at radius 3 is 2.09 bits per heavy atom. The standard InChI is InChI=1S/C29H25N3/c1-3-20-12-8-13-21(4-2)26(20)32-27(22-10-6-5-7-11-22)25-18-17-24-16-15-23-14-9-19-30-28(23)29(24)31-25/h5-19H,3-4H2,1-2H3. The number of aliphatic imine (C=N–C) groups is 1. The first-order valence-corrected chi connectivity index (χ1v) is 11.2. The number of rotatable bonds is 5. The smallest absolute Gasteiger partial charge is 0.0972 e. The van der Waals surface area contributed by atoms with Crippen molar-refractivity contribution < 1.29 is 0 Å². The molecule has 0 bridgehead atoms. The quantitative estimate of drug-likeness (QED) is 0.227. The molecule has 0 spiro atoms. The molecule has 3 aromatic carbocycles. The van der Waals surface area contributed by atoms with E-state index in [2.05, 4.69) is 91.6 Å². The minimum absolute atomic E-state index is 0.856. The van der Waals surface area contributed by atoms with E-state index in [1.54, 1.807) is 0 Å². The molecule has 0 aliphatic rings. The molecule has 0 radical (unpaired) electrons. The molecule has 2 aromatic heterocycles. The van der Waals surface area contributed by atoms with E-state index in [1.165, 1.54) is 11.1 Å². The van der Waals surface area contributed by atoms with Crippen LogP contribution in [0.2, 0.25) is 0 Å². The molecule has 5 aromatic rings. The highest BCUT2D eigenvalue weighted by Crippen LogP contribution is 2.29. The average molecular weight is 416 g/mol. The monoisotopic (exact) mass is 415 g/mol. The Labute approximate surface area is 188 Å². The number of aryl methyl sites for hydroxylation is 2. The van der Waals surface area contributed by atoms with Crippen molar-refractivity contribution in [3.63, 3.8) is 0 Å². The maximum absolute atomic E-state index is 5.26. The van der Waals surface area contributed by atoms with Gasteiger partial charge in [0.1, 0.15) is 0 Å². The Morgan fingerprint density at radius 2 is 1.38 bits per heavy atom. The van der Waals surface area contributed by atoms with Crippen LogP contribution in [0, 0.1) is 0 Å². The van der Waals surface area contributed by atoms with Crippen molar-refractivity contribution in [2.75, 3.05) is 0 Å². The van der Waals surface area contributed by atoms with Gasteiger partial charge >= 0.3 is 0 Å². The second-order valence-corrected chi connectivity index (χ2v) is 7.87. The summed E-state index contributed by atoms with van der Waals surface area (Å²) < 4.78 is 0. The van der Waals surface area contributed by atoms with Crippen molar-refractivity contribution in [3.05, 3.63) is 114 Å². The van der Waals surface area contributed by atoms with Gasteiger partial charge in [0.2, 0.25) is 0 Å². The SMILES string of the molecule is CCc1cccc(CC)c1N=C(c1ccccc1)c1ccc2ccc3cccnc3c2n1. The van der Waals surface area contributed by atoms with Crippen LogP contribution in [0.3, 0.4) is 0 Å². The molecule has 32 heavy (non-hydrogen) atoms. The van der Waals surface area contributed by atoms with Gasteiger partial charge in [0.15, 0.2) is 0 Å². The summed E-state index contributed by atoms with van der Waals surface area (Å²) in [5.41, 5.74) is 8.20. The fourth-order valence-corrected chi connectivity index (χ4v) is 4.19. The third-order valence-corrected chi connectivity index (χ3v) is 5.91. The maximum Gasteiger partial charge on any atom is 0.0972 e. The van der Waals surface area contributed by atoms with Crippen LogP contribution in [0.5, 0.6) is 0 Å². The zero-order valence-corrected chi connectivity index (χ0v) is 18.4. The molecular formula is C29H25N3. The van der Waals surface area contributed by atoms with Crippen LogP contribution < -0.4 is 0 Å². The van der Waals surface area contributed by atoms with Gasteiger partial charge in [0, 0.05) is 22.5 Å². The van der Waals surface area contributed by atoms with Gasteiger partial charge in [-0.05, 0) is 36.1 Å². The Kier molecular flexibility index (Phi) is 5.47. The third kappa shape index (κ3) is 3.67. The molecule has 156 valence electrons. The third-order valence-electron chi connectivity index (χ3n) is 5.91. The molecule has 0 aliphatic heterocycles. The molecule has 0 fully saturated rings. The van der Waals surface area contributed by atoms with Gasteiger partial charge in [-0.2, -0.15) is 0 Å². The van der Waals surface area contributed by atoms with Gasteiger partial charge in [0.25, 0.3) is 0 Å². The van der Waals surface area contributed by atoms with Crippen molar-refractivity contribution in [3.8, 4) is 0 Å². The normalized spacial score (nSPS) is 11.9. The molecule has 0 unspecified atom stereocenters. The number of benzene rings is 3. The second-order valence-electron chi connectivity index (χ2n) is 7.87. The molecule has 0 aliphatic carbocycles. The molecule has 0 N–H and O–H groups in total. The van der Waals surface area contributed by atoms with E-state index in [-0.39, 0.29) is 0 Å². The van der Waals surface area contributed by atoms with Gasteiger partial charge in [-0.25, -0.2) is 9.98 Å². The molecule has 0 saturated carbocycles. The van der Waals surface area contributed by atoms with Gasteiger partial charge in [0.05, 0.1) is 28.1 Å². The Bertz CT molecular complexity index is 1410. The van der Waals surface area contributed by atoms with E-state index in [4.69, 9.17) is 9.98 Å². The first-order chi connectivity index (χ1) is 15.8. The first-order valence-electron chi connectivity index (χ1n) is 11.2. The van der Waals surface area contributed by atoms with E-state index in [0.717, 1.165) is 57.3 Å². The molecule has 0 amide bonds. The number of hydrogen-bond donors (Lipinski definition) is 0. The summed E-state index contributed by atoms with van der Waals surface area (Å²) in [6.45, 7) is 4.37. The van der Waals surface area contributed by atoms with Crippen LogP contribution in [0.4, 0.5) is 5.69 Å². The number of fused-ring (bicyclic) bond motifs is 3. The van der Waals surface area contributed by atoms with Crippen molar-refractivity contribution in [1.29, 1.82) is 0 Å². The summed E-state index contributed by atoms with van der Waals surface area (Å²) >= 11 is 0. The minimum atomic E-state index is 0.856. The zero-order chi connectivity index (χ0) is 21.9. The van der Waals surface area contributed by atoms with E-state index in [0.29, 0.717) is 0 Å². The molecule has 0 atom stereocenters. The zero-order valence-electron chi connectivity index (χ0n) is 18.4. The van der Waals surface area contributed by atoms with E-state index < -0.39 is 0 Å². The highest BCUT2D eigenvalue weighted by atomic mass is 14.8. The van der Waals surface area contributed by atoms with Crippen LogP contribution in [-0.4, -0.2) is 15.7 Å². The number of aromatic nitrogens is 2. The van der Waals surface area contributed by atoms with Crippen LogP contribution >= 0.6 is 0 Å². The highest BCUT2D eigenvalue weighted by molar-refractivity contribution is 6.14. The Hall–Kier alpha value is -3.85. The lowest BCUT2D eigenvalue weighted by Crippen LogP contribution is -2.07. The van der Waals surface area contributed by atoms with Crippen LogP contribution in [0.25, 0.3) is 21.8 Å². The first kappa shape index (κ1) is 20.1. The molecule has 2 heterocycles. The summed E-state index contributed by atoms with van der Waals surface area (Å²) in [6, 6.07) is 29.3. The number of nitrogens with zero attached hydrogens (tertiary/aromatic N) is 3. The Balaban J connectivity index is 1.79. The lowest BCUT2D eigenvalue weighted by atomic mass is 10.0. The predicted octanol–water partition coefficient (Wildman–Crippen LogP) is 7.08. The predicted molar refractivity (Wildman–Crippen MR) is 134 cm³/mol. The topological polar surface area (TPSA) is 38.1 Å². The number of pyridine rings is 2. The molecule has 0 saturated heterocycles. The number of hydrogen-bond acceptors (Lipinski definition) is 3. The van der Waals surface area contributed by atoms with Gasteiger partial charge in [-0.15, -0.1) is 0 Å².